The van der Waals surface area contributed by atoms with Gasteiger partial charge in [-0.15, -0.1) is 0 Å². The fourth-order valence-corrected chi connectivity index (χ4v) is 2.91. The Morgan fingerprint density at radius 3 is 2.63 bits per heavy atom. The van der Waals surface area contributed by atoms with Gasteiger partial charge in [-0.1, -0.05) is 53.2 Å². The standard InChI is InChI=1S/C22H20N4O/c1-3-26-20(13-14-23-26)18-5-4-6-19(15-18)22-24-21(27-25-22)12-11-17-9-7-16(2)8-10-17/h4-15H,3H2,1-2H3/b12-11+. The molecule has 0 fully saturated rings. The Morgan fingerprint density at radius 1 is 1.00 bits per heavy atom. The zero-order chi connectivity index (χ0) is 18.6. The van der Waals surface area contributed by atoms with Crippen LogP contribution in [0.1, 0.15) is 23.9 Å². The molecule has 0 aliphatic heterocycles. The number of aromatic nitrogens is 4. The minimum atomic E-state index is 0.481. The van der Waals surface area contributed by atoms with Crippen LogP contribution in [0.4, 0.5) is 0 Å². The first kappa shape index (κ1) is 17.0. The van der Waals surface area contributed by atoms with Crippen molar-refractivity contribution < 1.29 is 4.52 Å². The number of hydrogen-bond donors (Lipinski definition) is 0. The van der Waals surface area contributed by atoms with E-state index in [9.17, 15) is 0 Å². The Bertz CT molecular complexity index is 1070. The Labute approximate surface area is 158 Å². The number of benzene rings is 2. The molecule has 0 aliphatic rings. The summed E-state index contributed by atoms with van der Waals surface area (Å²) >= 11 is 0. The smallest absolute Gasteiger partial charge is 0.250 e. The number of nitrogens with zero attached hydrogens (tertiary/aromatic N) is 4. The van der Waals surface area contributed by atoms with Crippen LogP contribution in [0.15, 0.2) is 65.3 Å². The normalized spacial score (nSPS) is 11.3. The first-order valence-electron chi connectivity index (χ1n) is 8.94. The highest BCUT2D eigenvalue weighted by Crippen LogP contribution is 2.25. The predicted molar refractivity (Wildman–Crippen MR) is 107 cm³/mol. The topological polar surface area (TPSA) is 56.7 Å². The lowest BCUT2D eigenvalue weighted by atomic mass is 10.1. The van der Waals surface area contributed by atoms with Crippen LogP contribution in [-0.4, -0.2) is 19.9 Å². The molecule has 4 aromatic rings. The van der Waals surface area contributed by atoms with E-state index in [1.165, 1.54) is 5.56 Å². The van der Waals surface area contributed by atoms with Crippen LogP contribution in [0.2, 0.25) is 0 Å². The molecule has 4 rings (SSSR count). The number of hydrogen-bond acceptors (Lipinski definition) is 4. The van der Waals surface area contributed by atoms with Gasteiger partial charge < -0.3 is 4.52 Å². The van der Waals surface area contributed by atoms with Crippen LogP contribution in [0.3, 0.4) is 0 Å². The predicted octanol–water partition coefficient (Wildman–Crippen LogP) is 5.10. The van der Waals surface area contributed by atoms with E-state index in [0.717, 1.165) is 28.9 Å². The maximum atomic E-state index is 5.37. The minimum Gasteiger partial charge on any atom is -0.334 e. The Morgan fingerprint density at radius 2 is 1.81 bits per heavy atom. The summed E-state index contributed by atoms with van der Waals surface area (Å²) in [5.41, 5.74) is 5.39. The van der Waals surface area contributed by atoms with Crippen molar-refractivity contribution in [3.63, 3.8) is 0 Å². The Kier molecular flexibility index (Phi) is 4.66. The largest absolute Gasteiger partial charge is 0.334 e. The summed E-state index contributed by atoms with van der Waals surface area (Å²) in [6.07, 6.45) is 5.61. The minimum absolute atomic E-state index is 0.481. The van der Waals surface area contributed by atoms with E-state index < -0.39 is 0 Å². The third kappa shape index (κ3) is 3.72. The van der Waals surface area contributed by atoms with Crippen molar-refractivity contribution >= 4 is 12.2 Å². The highest BCUT2D eigenvalue weighted by molar-refractivity contribution is 5.69. The number of rotatable bonds is 5. The van der Waals surface area contributed by atoms with Crippen molar-refractivity contribution in [1.82, 2.24) is 19.9 Å². The summed E-state index contributed by atoms with van der Waals surface area (Å²) in [7, 11) is 0. The van der Waals surface area contributed by atoms with E-state index in [4.69, 9.17) is 4.52 Å². The van der Waals surface area contributed by atoms with Gasteiger partial charge in [0.2, 0.25) is 5.82 Å². The monoisotopic (exact) mass is 356 g/mol. The maximum absolute atomic E-state index is 5.37. The first-order valence-corrected chi connectivity index (χ1v) is 8.94. The molecule has 0 radical (unpaired) electrons. The summed E-state index contributed by atoms with van der Waals surface area (Å²) < 4.78 is 7.34. The summed E-state index contributed by atoms with van der Waals surface area (Å²) in [6.45, 7) is 4.97. The van der Waals surface area contributed by atoms with E-state index >= 15 is 0 Å². The van der Waals surface area contributed by atoms with Crippen LogP contribution in [0.5, 0.6) is 0 Å². The van der Waals surface area contributed by atoms with Crippen molar-refractivity contribution in [3.8, 4) is 22.6 Å². The molecule has 0 N–H and O–H groups in total. The molecule has 134 valence electrons. The molecule has 2 aromatic heterocycles. The lowest BCUT2D eigenvalue weighted by Gasteiger charge is -2.05. The van der Waals surface area contributed by atoms with Crippen LogP contribution in [-0.2, 0) is 6.54 Å². The molecule has 0 aliphatic carbocycles. The van der Waals surface area contributed by atoms with Gasteiger partial charge in [0.05, 0.1) is 5.69 Å². The molecule has 0 saturated carbocycles. The first-order chi connectivity index (χ1) is 13.2. The molecule has 0 saturated heterocycles. The fraction of sp³-hybridized carbons (Fsp3) is 0.136. The third-order valence-corrected chi connectivity index (χ3v) is 4.37. The average molecular weight is 356 g/mol. The quantitative estimate of drug-likeness (QED) is 0.499. The SMILES string of the molecule is CCn1nccc1-c1cccc(-c2noc(/C=C/c3ccc(C)cc3)n2)c1. The van der Waals surface area contributed by atoms with E-state index in [0.29, 0.717) is 11.7 Å². The molecule has 0 unspecified atom stereocenters. The summed E-state index contributed by atoms with van der Waals surface area (Å²) in [5.74, 6) is 1.05. The van der Waals surface area contributed by atoms with Gasteiger partial charge in [0.25, 0.3) is 5.89 Å². The van der Waals surface area contributed by atoms with Crippen LogP contribution < -0.4 is 0 Å². The van der Waals surface area contributed by atoms with Crippen LogP contribution in [0, 0.1) is 6.92 Å². The number of aryl methyl sites for hydroxylation is 2. The molecular formula is C22H20N4O. The maximum Gasteiger partial charge on any atom is 0.250 e. The molecule has 0 bridgehead atoms. The van der Waals surface area contributed by atoms with Gasteiger partial charge in [-0.05, 0) is 37.6 Å². The second-order valence-corrected chi connectivity index (χ2v) is 6.31. The highest BCUT2D eigenvalue weighted by atomic mass is 16.5. The van der Waals surface area contributed by atoms with Crippen molar-refractivity contribution in [3.05, 3.63) is 77.8 Å². The summed E-state index contributed by atoms with van der Waals surface area (Å²) in [5, 5.41) is 8.45. The van der Waals surface area contributed by atoms with E-state index in [1.807, 2.05) is 41.2 Å². The second kappa shape index (κ2) is 7.41. The van der Waals surface area contributed by atoms with Crippen molar-refractivity contribution in [2.75, 3.05) is 0 Å². The van der Waals surface area contributed by atoms with Crippen molar-refractivity contribution in [2.45, 2.75) is 20.4 Å². The lowest BCUT2D eigenvalue weighted by molar-refractivity contribution is 0.411. The van der Waals surface area contributed by atoms with Gasteiger partial charge in [-0.3, -0.25) is 4.68 Å². The third-order valence-electron chi connectivity index (χ3n) is 4.37. The van der Waals surface area contributed by atoms with Gasteiger partial charge >= 0.3 is 0 Å². The Balaban J connectivity index is 1.58. The van der Waals surface area contributed by atoms with Gasteiger partial charge in [0.1, 0.15) is 0 Å². The van der Waals surface area contributed by atoms with Crippen molar-refractivity contribution in [2.24, 2.45) is 0 Å². The van der Waals surface area contributed by atoms with Crippen LogP contribution in [0.25, 0.3) is 34.8 Å². The molecule has 0 spiro atoms. The second-order valence-electron chi connectivity index (χ2n) is 6.31. The van der Waals surface area contributed by atoms with Gasteiger partial charge in [-0.25, -0.2) is 0 Å². The molecule has 0 amide bonds. The van der Waals surface area contributed by atoms with Gasteiger partial charge in [0.15, 0.2) is 0 Å². The molecule has 27 heavy (non-hydrogen) atoms. The highest BCUT2D eigenvalue weighted by Gasteiger charge is 2.10. The molecule has 2 heterocycles. The average Bonchev–Trinajstić information content (AvgIpc) is 3.37. The van der Waals surface area contributed by atoms with E-state index in [2.05, 4.69) is 65.5 Å². The van der Waals surface area contributed by atoms with Crippen LogP contribution >= 0.6 is 0 Å². The summed E-state index contributed by atoms with van der Waals surface area (Å²) in [6, 6.07) is 18.4. The van der Waals surface area contributed by atoms with E-state index in [-0.39, 0.29) is 0 Å². The van der Waals surface area contributed by atoms with Crippen molar-refractivity contribution in [1.29, 1.82) is 0 Å². The molecule has 0 atom stereocenters. The lowest BCUT2D eigenvalue weighted by Crippen LogP contribution is -1.98. The van der Waals surface area contributed by atoms with E-state index in [1.54, 1.807) is 0 Å². The Hall–Kier alpha value is -3.47. The summed E-state index contributed by atoms with van der Waals surface area (Å²) in [4.78, 5) is 4.49. The fourth-order valence-electron chi connectivity index (χ4n) is 2.91. The molecule has 5 nitrogen and oxygen atoms in total. The zero-order valence-electron chi connectivity index (χ0n) is 15.3. The molecule has 2 aromatic carbocycles. The molecule has 5 heteroatoms. The molecular weight excluding hydrogens is 336 g/mol. The zero-order valence-corrected chi connectivity index (χ0v) is 15.3. The van der Waals surface area contributed by atoms with Gasteiger partial charge in [-0.2, -0.15) is 10.1 Å². The van der Waals surface area contributed by atoms with Gasteiger partial charge in [0, 0.05) is 29.9 Å².